The molecule has 0 bridgehead atoms. The van der Waals surface area contributed by atoms with Gasteiger partial charge in [0.1, 0.15) is 5.69 Å². The molecule has 1 saturated heterocycles. The molecule has 1 fully saturated rings. The van der Waals surface area contributed by atoms with Crippen molar-refractivity contribution in [1.29, 1.82) is 0 Å². The Morgan fingerprint density at radius 1 is 1.35 bits per heavy atom. The van der Waals surface area contributed by atoms with Gasteiger partial charge in [0.25, 0.3) is 5.91 Å². The topological polar surface area (TPSA) is 49.6 Å². The summed E-state index contributed by atoms with van der Waals surface area (Å²) < 4.78 is 5.10. The maximum absolute atomic E-state index is 12.3. The molecule has 0 unspecified atom stereocenters. The lowest BCUT2D eigenvalue weighted by Crippen LogP contribution is -2.35. The zero-order valence-electron chi connectivity index (χ0n) is 11.2. The van der Waals surface area contributed by atoms with Gasteiger partial charge in [-0.15, -0.1) is 11.3 Å². The first kappa shape index (κ1) is 13.3. The van der Waals surface area contributed by atoms with Gasteiger partial charge in [0.05, 0.1) is 18.0 Å². The van der Waals surface area contributed by atoms with Crippen molar-refractivity contribution in [3.8, 4) is 0 Å². The Morgan fingerprint density at radius 2 is 2.30 bits per heavy atom. The number of amides is 1. The number of carbonyl (C=O) groups is 1. The fourth-order valence-electron chi connectivity index (χ4n) is 2.45. The number of nitrogens with zero attached hydrogens (tertiary/aromatic N) is 3. The molecule has 3 heterocycles. The monoisotopic (exact) mass is 291 g/mol. The van der Waals surface area contributed by atoms with Crippen molar-refractivity contribution in [1.82, 2.24) is 14.8 Å². The summed E-state index contributed by atoms with van der Waals surface area (Å²) in [6.45, 7) is 4.34. The van der Waals surface area contributed by atoms with E-state index in [0.717, 1.165) is 39.1 Å². The quantitative estimate of drug-likeness (QED) is 0.869. The highest BCUT2D eigenvalue weighted by Gasteiger charge is 2.21. The summed E-state index contributed by atoms with van der Waals surface area (Å²) in [5, 5.41) is 1.82. The molecule has 2 aromatic rings. The van der Waals surface area contributed by atoms with Crippen LogP contribution in [0.15, 0.2) is 33.9 Å². The molecule has 5 nitrogen and oxygen atoms in total. The average Bonchev–Trinajstić information content (AvgIpc) is 3.10. The largest absolute Gasteiger partial charge is 0.472 e. The molecule has 0 N–H and O–H groups in total. The van der Waals surface area contributed by atoms with Crippen molar-refractivity contribution in [2.75, 3.05) is 26.2 Å². The van der Waals surface area contributed by atoms with Gasteiger partial charge in [-0.05, 0) is 12.5 Å². The number of hydrogen-bond donors (Lipinski definition) is 0. The molecule has 6 heteroatoms. The number of rotatable bonds is 3. The molecule has 1 amide bonds. The van der Waals surface area contributed by atoms with Crippen LogP contribution < -0.4 is 0 Å². The summed E-state index contributed by atoms with van der Waals surface area (Å²) in [6, 6.07) is 1.99. The molecule has 0 radical (unpaired) electrons. The fourth-order valence-corrected chi connectivity index (χ4v) is 2.98. The van der Waals surface area contributed by atoms with E-state index in [9.17, 15) is 4.79 Å². The number of carbonyl (C=O) groups excluding carboxylic acids is 1. The lowest BCUT2D eigenvalue weighted by molar-refractivity contribution is 0.0756. The maximum atomic E-state index is 12.3. The Kier molecular flexibility index (Phi) is 4.13. The van der Waals surface area contributed by atoms with Crippen LogP contribution in [-0.4, -0.2) is 46.9 Å². The van der Waals surface area contributed by atoms with Crippen molar-refractivity contribution >= 4 is 17.2 Å². The van der Waals surface area contributed by atoms with Gasteiger partial charge in [-0.3, -0.25) is 9.69 Å². The van der Waals surface area contributed by atoms with Crippen molar-refractivity contribution in [2.24, 2.45) is 0 Å². The zero-order valence-corrected chi connectivity index (χ0v) is 12.0. The van der Waals surface area contributed by atoms with Crippen LogP contribution in [0.1, 0.15) is 22.5 Å². The minimum absolute atomic E-state index is 0.0522. The Bertz CT molecular complexity index is 539. The molecule has 3 rings (SSSR count). The Hall–Kier alpha value is -1.66. The summed E-state index contributed by atoms with van der Waals surface area (Å²) in [7, 11) is 0. The predicted molar refractivity (Wildman–Crippen MR) is 76.6 cm³/mol. The lowest BCUT2D eigenvalue weighted by Gasteiger charge is -2.21. The molecule has 2 aromatic heterocycles. The van der Waals surface area contributed by atoms with Crippen molar-refractivity contribution in [3.05, 3.63) is 40.7 Å². The molecule has 1 aliphatic rings. The third-order valence-electron chi connectivity index (χ3n) is 3.51. The first-order chi connectivity index (χ1) is 9.83. The number of thiazole rings is 1. The van der Waals surface area contributed by atoms with E-state index in [1.54, 1.807) is 18.0 Å². The SMILES string of the molecule is O=C(c1cscn1)N1CCCN(Cc2ccoc2)CC1. The highest BCUT2D eigenvalue weighted by Crippen LogP contribution is 2.12. The van der Waals surface area contributed by atoms with E-state index in [0.29, 0.717) is 5.69 Å². The summed E-state index contributed by atoms with van der Waals surface area (Å²) in [6.07, 6.45) is 4.47. The molecule has 0 spiro atoms. The maximum Gasteiger partial charge on any atom is 0.273 e. The summed E-state index contributed by atoms with van der Waals surface area (Å²) in [4.78, 5) is 20.6. The Labute approximate surface area is 121 Å². The smallest absolute Gasteiger partial charge is 0.273 e. The minimum Gasteiger partial charge on any atom is -0.472 e. The molecule has 0 aromatic carbocycles. The van der Waals surface area contributed by atoms with Crippen LogP contribution in [0, 0.1) is 0 Å². The van der Waals surface area contributed by atoms with Crippen LogP contribution in [-0.2, 0) is 6.54 Å². The van der Waals surface area contributed by atoms with E-state index in [4.69, 9.17) is 4.42 Å². The molecule has 0 atom stereocenters. The summed E-state index contributed by atoms with van der Waals surface area (Å²) >= 11 is 1.46. The Balaban J connectivity index is 1.58. The van der Waals surface area contributed by atoms with E-state index in [1.165, 1.54) is 16.9 Å². The fraction of sp³-hybridized carbons (Fsp3) is 0.429. The third kappa shape index (κ3) is 3.08. The summed E-state index contributed by atoms with van der Waals surface area (Å²) in [5.74, 6) is 0.0522. The molecule has 20 heavy (non-hydrogen) atoms. The van der Waals surface area contributed by atoms with E-state index in [2.05, 4.69) is 9.88 Å². The highest BCUT2D eigenvalue weighted by atomic mass is 32.1. The number of furan rings is 1. The van der Waals surface area contributed by atoms with E-state index < -0.39 is 0 Å². The molecule has 106 valence electrons. The molecular weight excluding hydrogens is 274 g/mol. The van der Waals surface area contributed by atoms with Gasteiger partial charge in [-0.1, -0.05) is 0 Å². The van der Waals surface area contributed by atoms with E-state index in [-0.39, 0.29) is 5.91 Å². The van der Waals surface area contributed by atoms with Gasteiger partial charge in [0.2, 0.25) is 0 Å². The van der Waals surface area contributed by atoms with Gasteiger partial charge in [0.15, 0.2) is 0 Å². The second-order valence-electron chi connectivity index (χ2n) is 4.93. The van der Waals surface area contributed by atoms with Gasteiger partial charge in [0, 0.05) is 43.7 Å². The van der Waals surface area contributed by atoms with Crippen LogP contribution in [0.3, 0.4) is 0 Å². The van der Waals surface area contributed by atoms with Crippen molar-refractivity contribution < 1.29 is 9.21 Å². The van der Waals surface area contributed by atoms with Gasteiger partial charge < -0.3 is 9.32 Å². The van der Waals surface area contributed by atoms with Gasteiger partial charge in [-0.25, -0.2) is 4.98 Å². The van der Waals surface area contributed by atoms with Crippen molar-refractivity contribution in [2.45, 2.75) is 13.0 Å². The Morgan fingerprint density at radius 3 is 3.05 bits per heavy atom. The first-order valence-corrected chi connectivity index (χ1v) is 7.68. The van der Waals surface area contributed by atoms with Gasteiger partial charge in [-0.2, -0.15) is 0 Å². The zero-order chi connectivity index (χ0) is 13.8. The number of hydrogen-bond acceptors (Lipinski definition) is 5. The lowest BCUT2D eigenvalue weighted by atomic mass is 10.3. The molecule has 1 aliphatic heterocycles. The van der Waals surface area contributed by atoms with Crippen LogP contribution in [0.2, 0.25) is 0 Å². The van der Waals surface area contributed by atoms with Crippen molar-refractivity contribution in [3.63, 3.8) is 0 Å². The third-order valence-corrected chi connectivity index (χ3v) is 4.10. The van der Waals surface area contributed by atoms with E-state index in [1.807, 2.05) is 16.3 Å². The number of aromatic nitrogens is 1. The average molecular weight is 291 g/mol. The summed E-state index contributed by atoms with van der Waals surface area (Å²) in [5.41, 5.74) is 3.46. The standard InChI is InChI=1S/C14H17N3O2S/c18-14(13-10-20-11-15-13)17-4-1-3-16(5-6-17)8-12-2-7-19-9-12/h2,7,9-11H,1,3-6,8H2. The van der Waals surface area contributed by atoms with E-state index >= 15 is 0 Å². The predicted octanol–water partition coefficient (Wildman–Crippen LogP) is 2.08. The first-order valence-electron chi connectivity index (χ1n) is 6.74. The minimum atomic E-state index is 0.0522. The highest BCUT2D eigenvalue weighted by molar-refractivity contribution is 7.07. The van der Waals surface area contributed by atoms with Crippen LogP contribution in [0.5, 0.6) is 0 Å². The van der Waals surface area contributed by atoms with Crippen LogP contribution in [0.25, 0.3) is 0 Å². The second-order valence-corrected chi connectivity index (χ2v) is 5.65. The second kappa shape index (κ2) is 6.19. The normalized spacial score (nSPS) is 17.1. The molecule has 0 saturated carbocycles. The molecule has 0 aliphatic carbocycles. The molecular formula is C14H17N3O2S. The van der Waals surface area contributed by atoms with Crippen LogP contribution >= 0.6 is 11.3 Å². The van der Waals surface area contributed by atoms with Gasteiger partial charge >= 0.3 is 0 Å². The van der Waals surface area contributed by atoms with Crippen LogP contribution in [0.4, 0.5) is 0 Å².